The zero-order valence-corrected chi connectivity index (χ0v) is 21.9. The Bertz CT molecular complexity index is 650. The number of allylic oxidation sites excluding steroid dienone is 1. The van der Waals surface area contributed by atoms with Crippen molar-refractivity contribution in [3.05, 3.63) is 42.2 Å². The first-order valence-electron chi connectivity index (χ1n) is 11.9. The molecule has 0 aliphatic carbocycles. The highest BCUT2D eigenvalue weighted by Gasteiger charge is 2.25. The number of rotatable bonds is 13. The van der Waals surface area contributed by atoms with E-state index in [4.69, 9.17) is 14.2 Å². The molecule has 0 aromatic heterocycles. The van der Waals surface area contributed by atoms with Crippen LogP contribution < -0.4 is 4.74 Å². The molecule has 0 fully saturated rings. The summed E-state index contributed by atoms with van der Waals surface area (Å²) in [4.78, 5) is 0. The van der Waals surface area contributed by atoms with Crippen molar-refractivity contribution in [3.8, 4) is 5.75 Å². The lowest BCUT2D eigenvalue weighted by molar-refractivity contribution is -0.0743. The Hall–Kier alpha value is -1.48. The molecule has 0 aliphatic rings. The van der Waals surface area contributed by atoms with Crippen LogP contribution in [0, 0.1) is 22.7 Å². The number of hydrogen-bond donors (Lipinski definition) is 0. The van der Waals surface area contributed by atoms with Crippen molar-refractivity contribution >= 4 is 0 Å². The molecule has 0 saturated carbocycles. The zero-order valence-electron chi connectivity index (χ0n) is 21.9. The fraction of sp³-hybridized carbons (Fsp3) is 0.714. The molecule has 0 aliphatic heterocycles. The standard InChI is InChI=1S/C28H48O3/c1-20(2)19-30-22(5)28(10,11)16-17-29-23(6)31-25-14-12-24(13-15-25)26(21(3)4)18-27(7,8)9/h12-15,20-21,23,26H,5,16-19H2,1-4,6-11H3. The van der Waals surface area contributed by atoms with Crippen LogP contribution in [0.1, 0.15) is 93.6 Å². The van der Waals surface area contributed by atoms with Gasteiger partial charge in [0.1, 0.15) is 5.75 Å². The van der Waals surface area contributed by atoms with Crippen molar-refractivity contribution in [1.29, 1.82) is 0 Å². The average molecular weight is 433 g/mol. The minimum atomic E-state index is -0.304. The van der Waals surface area contributed by atoms with Gasteiger partial charge in [0.15, 0.2) is 6.29 Å². The molecular weight excluding hydrogens is 384 g/mol. The predicted molar refractivity (Wildman–Crippen MR) is 132 cm³/mol. The molecule has 0 spiro atoms. The maximum Gasteiger partial charge on any atom is 0.196 e. The van der Waals surface area contributed by atoms with Gasteiger partial charge < -0.3 is 14.2 Å². The monoisotopic (exact) mass is 432 g/mol. The van der Waals surface area contributed by atoms with Crippen LogP contribution in [-0.4, -0.2) is 19.5 Å². The summed E-state index contributed by atoms with van der Waals surface area (Å²) < 4.78 is 17.7. The molecule has 0 radical (unpaired) electrons. The minimum Gasteiger partial charge on any atom is -0.498 e. The maximum absolute atomic E-state index is 5.99. The van der Waals surface area contributed by atoms with Crippen molar-refractivity contribution in [2.45, 2.75) is 94.3 Å². The summed E-state index contributed by atoms with van der Waals surface area (Å²) in [7, 11) is 0. The van der Waals surface area contributed by atoms with E-state index in [0.29, 0.717) is 36.4 Å². The summed E-state index contributed by atoms with van der Waals surface area (Å²) in [6.45, 7) is 27.5. The van der Waals surface area contributed by atoms with Crippen molar-refractivity contribution < 1.29 is 14.2 Å². The Labute approximate surface area is 192 Å². The molecule has 31 heavy (non-hydrogen) atoms. The molecule has 0 amide bonds. The molecule has 2 atom stereocenters. The van der Waals surface area contributed by atoms with Crippen molar-refractivity contribution in [2.75, 3.05) is 13.2 Å². The molecule has 0 bridgehead atoms. The van der Waals surface area contributed by atoms with Crippen molar-refractivity contribution in [3.63, 3.8) is 0 Å². The lowest BCUT2D eigenvalue weighted by atomic mass is 9.76. The van der Waals surface area contributed by atoms with Crippen LogP contribution in [0.15, 0.2) is 36.6 Å². The van der Waals surface area contributed by atoms with Crippen LogP contribution in [-0.2, 0) is 9.47 Å². The molecule has 1 rings (SSSR count). The van der Waals surface area contributed by atoms with E-state index < -0.39 is 0 Å². The molecule has 2 unspecified atom stereocenters. The predicted octanol–water partition coefficient (Wildman–Crippen LogP) is 8.21. The van der Waals surface area contributed by atoms with Gasteiger partial charge in [-0.05, 0) is 60.6 Å². The first-order valence-corrected chi connectivity index (χ1v) is 11.9. The largest absolute Gasteiger partial charge is 0.498 e. The zero-order chi connectivity index (χ0) is 23.8. The lowest BCUT2D eigenvalue weighted by Gasteiger charge is -2.29. The second kappa shape index (κ2) is 11.9. The Morgan fingerprint density at radius 3 is 2.00 bits per heavy atom. The van der Waals surface area contributed by atoms with Gasteiger partial charge in [-0.3, -0.25) is 0 Å². The van der Waals surface area contributed by atoms with E-state index in [0.717, 1.165) is 17.9 Å². The van der Waals surface area contributed by atoms with Gasteiger partial charge in [-0.25, -0.2) is 0 Å². The van der Waals surface area contributed by atoms with E-state index >= 15 is 0 Å². The number of ether oxygens (including phenoxy) is 3. The second-order valence-corrected chi connectivity index (χ2v) is 11.5. The van der Waals surface area contributed by atoms with Crippen molar-refractivity contribution in [2.24, 2.45) is 22.7 Å². The van der Waals surface area contributed by atoms with Gasteiger partial charge in [0.05, 0.1) is 19.0 Å². The highest BCUT2D eigenvalue weighted by atomic mass is 16.7. The molecule has 1 aromatic rings. The topological polar surface area (TPSA) is 27.7 Å². The normalized spacial score (nSPS) is 14.6. The first-order chi connectivity index (χ1) is 14.2. The Morgan fingerprint density at radius 1 is 0.935 bits per heavy atom. The molecule has 1 aromatic carbocycles. The van der Waals surface area contributed by atoms with Gasteiger partial charge in [-0.2, -0.15) is 0 Å². The summed E-state index contributed by atoms with van der Waals surface area (Å²) >= 11 is 0. The third kappa shape index (κ3) is 10.6. The van der Waals surface area contributed by atoms with E-state index in [1.165, 1.54) is 12.0 Å². The summed E-state index contributed by atoms with van der Waals surface area (Å²) in [6.07, 6.45) is 1.70. The third-order valence-corrected chi connectivity index (χ3v) is 5.67. The summed E-state index contributed by atoms with van der Waals surface area (Å²) in [5, 5.41) is 0. The Kier molecular flexibility index (Phi) is 10.6. The average Bonchev–Trinajstić information content (AvgIpc) is 2.63. The summed E-state index contributed by atoms with van der Waals surface area (Å²) in [5.74, 6) is 3.32. The van der Waals surface area contributed by atoms with Crippen LogP contribution in [0.25, 0.3) is 0 Å². The summed E-state index contributed by atoms with van der Waals surface area (Å²) in [6, 6.07) is 8.55. The number of hydrogen-bond acceptors (Lipinski definition) is 3. The smallest absolute Gasteiger partial charge is 0.196 e. The Balaban J connectivity index is 2.55. The van der Waals surface area contributed by atoms with Gasteiger partial charge in [0, 0.05) is 5.41 Å². The first kappa shape index (κ1) is 27.6. The molecule has 3 heteroatoms. The van der Waals surface area contributed by atoms with Crippen molar-refractivity contribution in [1.82, 2.24) is 0 Å². The van der Waals surface area contributed by atoms with E-state index in [-0.39, 0.29) is 11.7 Å². The molecule has 178 valence electrons. The minimum absolute atomic E-state index is 0.130. The lowest BCUT2D eigenvalue weighted by Crippen LogP contribution is -2.23. The quantitative estimate of drug-likeness (QED) is 0.232. The number of benzene rings is 1. The van der Waals surface area contributed by atoms with E-state index in [9.17, 15) is 0 Å². The van der Waals surface area contributed by atoms with Gasteiger partial charge in [0.25, 0.3) is 0 Å². The maximum atomic E-state index is 5.99. The SMILES string of the molecule is C=C(OCC(C)C)C(C)(C)CCOC(C)Oc1ccc(C(CC(C)(C)C)C(C)C)cc1. The Morgan fingerprint density at radius 2 is 1.52 bits per heavy atom. The third-order valence-electron chi connectivity index (χ3n) is 5.67. The van der Waals surface area contributed by atoms with E-state index in [1.807, 2.05) is 6.92 Å². The highest BCUT2D eigenvalue weighted by molar-refractivity contribution is 5.30. The van der Waals surface area contributed by atoms with Gasteiger partial charge >= 0.3 is 0 Å². The summed E-state index contributed by atoms with van der Waals surface area (Å²) in [5.41, 5.74) is 1.56. The van der Waals surface area contributed by atoms with Crippen LogP contribution in [0.3, 0.4) is 0 Å². The van der Waals surface area contributed by atoms with Crippen LogP contribution in [0.2, 0.25) is 0 Å². The second-order valence-electron chi connectivity index (χ2n) is 11.5. The van der Waals surface area contributed by atoms with Gasteiger partial charge in [-0.15, -0.1) is 0 Å². The van der Waals surface area contributed by atoms with Crippen LogP contribution in [0.5, 0.6) is 5.75 Å². The van der Waals surface area contributed by atoms with Gasteiger partial charge in [0.2, 0.25) is 0 Å². The molecule has 0 N–H and O–H groups in total. The fourth-order valence-corrected chi connectivity index (χ4v) is 3.50. The molecular formula is C28H48O3. The van der Waals surface area contributed by atoms with Crippen LogP contribution >= 0.6 is 0 Å². The van der Waals surface area contributed by atoms with Crippen LogP contribution in [0.4, 0.5) is 0 Å². The molecule has 0 saturated heterocycles. The van der Waals surface area contributed by atoms with Gasteiger partial charge in [-0.1, -0.05) is 81.0 Å². The van der Waals surface area contributed by atoms with E-state index in [1.54, 1.807) is 0 Å². The fourth-order valence-electron chi connectivity index (χ4n) is 3.50. The van der Waals surface area contributed by atoms with E-state index in [2.05, 4.69) is 93.2 Å². The highest BCUT2D eigenvalue weighted by Crippen LogP contribution is 2.37. The molecule has 0 heterocycles. The molecule has 3 nitrogen and oxygen atoms in total.